The predicted molar refractivity (Wildman–Crippen MR) is 229 cm³/mol. The van der Waals surface area contributed by atoms with Gasteiger partial charge in [0, 0.05) is 55.5 Å². The van der Waals surface area contributed by atoms with Gasteiger partial charge in [-0.15, -0.1) is 0 Å². The Morgan fingerprint density at radius 3 is 1.53 bits per heavy atom. The molecule has 55 heavy (non-hydrogen) atoms. The van der Waals surface area contributed by atoms with Crippen LogP contribution in [0, 0.1) is 0 Å². The van der Waals surface area contributed by atoms with Crippen molar-refractivity contribution in [3.8, 4) is 45.2 Å². The predicted octanol–water partition coefficient (Wildman–Crippen LogP) is 13.5. The van der Waals surface area contributed by atoms with Crippen LogP contribution in [0.4, 0.5) is 17.1 Å². The molecule has 0 saturated heterocycles. The molecule has 10 rings (SSSR count). The first kappa shape index (κ1) is 32.2. The summed E-state index contributed by atoms with van der Waals surface area (Å²) >= 11 is 0. The van der Waals surface area contributed by atoms with Crippen LogP contribution in [-0.2, 0) is 0 Å². The Morgan fingerprint density at radius 1 is 0.327 bits per heavy atom. The first-order valence-electron chi connectivity index (χ1n) is 18.5. The minimum Gasteiger partial charge on any atom is -0.311 e. The molecule has 0 unspecified atom stereocenters. The molecule has 4 heteroatoms. The van der Waals surface area contributed by atoms with Gasteiger partial charge < -0.3 is 4.90 Å². The number of hydrogen-bond donors (Lipinski definition) is 0. The minimum atomic E-state index is 0.707. The third-order valence-electron chi connectivity index (χ3n) is 10.2. The van der Waals surface area contributed by atoms with Gasteiger partial charge in [-0.2, -0.15) is 0 Å². The van der Waals surface area contributed by atoms with Crippen molar-refractivity contribution < 1.29 is 0 Å². The Kier molecular flexibility index (Phi) is 8.12. The number of hydrogen-bond acceptors (Lipinski definition) is 4. The van der Waals surface area contributed by atoms with Gasteiger partial charge in [-0.1, -0.05) is 152 Å². The molecular weight excluding hydrogens is 669 g/mol. The highest BCUT2D eigenvalue weighted by molar-refractivity contribution is 6.22. The lowest BCUT2D eigenvalue weighted by atomic mass is 9.94. The van der Waals surface area contributed by atoms with E-state index in [1.807, 2.05) is 36.4 Å². The molecule has 0 saturated carbocycles. The van der Waals surface area contributed by atoms with Gasteiger partial charge in [0.05, 0.1) is 22.6 Å². The number of pyridine rings is 1. The van der Waals surface area contributed by atoms with Gasteiger partial charge in [-0.05, 0) is 65.4 Å². The number of anilines is 3. The molecule has 0 bridgehead atoms. The zero-order valence-corrected chi connectivity index (χ0v) is 29.9. The zero-order valence-electron chi connectivity index (χ0n) is 29.9. The van der Waals surface area contributed by atoms with E-state index >= 15 is 0 Å². The highest BCUT2D eigenvalue weighted by Crippen LogP contribution is 2.40. The van der Waals surface area contributed by atoms with Crippen molar-refractivity contribution in [2.24, 2.45) is 0 Å². The Bertz CT molecular complexity index is 2850. The third-order valence-corrected chi connectivity index (χ3v) is 10.2. The second-order valence-electron chi connectivity index (χ2n) is 13.6. The molecule has 0 N–H and O–H groups in total. The molecule has 0 fully saturated rings. The average molecular weight is 703 g/mol. The van der Waals surface area contributed by atoms with Crippen molar-refractivity contribution in [3.63, 3.8) is 0 Å². The fourth-order valence-electron chi connectivity index (χ4n) is 7.60. The second-order valence-corrected chi connectivity index (χ2v) is 13.6. The summed E-state index contributed by atoms with van der Waals surface area (Å²) in [6.45, 7) is 0. The van der Waals surface area contributed by atoms with E-state index in [9.17, 15) is 0 Å². The van der Waals surface area contributed by atoms with Crippen LogP contribution in [0.2, 0.25) is 0 Å². The SMILES string of the molecule is c1ccc(-c2cc(-c3ccc4c(ccc5c(-c6ccc(N(c7ccccc7)c7ccccc7)cc6)nc6ccccc6c54)c3)nc(-c3ccccc3)n2)cc1. The fraction of sp³-hybridized carbons (Fsp3) is 0. The molecule has 0 aliphatic carbocycles. The zero-order chi connectivity index (χ0) is 36.6. The highest BCUT2D eigenvalue weighted by atomic mass is 15.1. The molecule has 2 aromatic heterocycles. The summed E-state index contributed by atoms with van der Waals surface area (Å²) in [6, 6.07) is 72.0. The van der Waals surface area contributed by atoms with Gasteiger partial charge >= 0.3 is 0 Å². The van der Waals surface area contributed by atoms with Crippen molar-refractivity contribution in [2.75, 3.05) is 4.90 Å². The van der Waals surface area contributed by atoms with Crippen LogP contribution >= 0.6 is 0 Å². The smallest absolute Gasteiger partial charge is 0.160 e. The summed E-state index contributed by atoms with van der Waals surface area (Å²) in [5.74, 6) is 0.707. The Hall–Kier alpha value is -7.43. The van der Waals surface area contributed by atoms with Gasteiger partial charge in [0.15, 0.2) is 5.82 Å². The van der Waals surface area contributed by atoms with E-state index in [1.165, 1.54) is 10.8 Å². The monoisotopic (exact) mass is 702 g/mol. The normalized spacial score (nSPS) is 11.3. The molecule has 0 aliphatic heterocycles. The maximum absolute atomic E-state index is 5.28. The quantitative estimate of drug-likeness (QED) is 0.155. The molecule has 2 heterocycles. The minimum absolute atomic E-state index is 0.707. The molecule has 0 amide bonds. The van der Waals surface area contributed by atoms with Crippen molar-refractivity contribution >= 4 is 49.5 Å². The van der Waals surface area contributed by atoms with E-state index in [0.717, 1.165) is 78.1 Å². The first-order valence-corrected chi connectivity index (χ1v) is 18.5. The maximum atomic E-state index is 5.28. The van der Waals surface area contributed by atoms with Crippen molar-refractivity contribution in [1.29, 1.82) is 0 Å². The standard InChI is InChI=1S/C51H34N4/c1-5-15-35(16-6-1)47-34-48(54-51(53-47)37-17-7-2-8-18-37)39-28-31-43-38(33-39)27-32-45-49(43)44-23-13-14-24-46(44)52-50(45)36-25-29-42(30-26-36)55(40-19-9-3-10-20-40)41-21-11-4-12-22-41/h1-34H. The summed E-state index contributed by atoms with van der Waals surface area (Å²) in [5.41, 5.74) is 11.2. The lowest BCUT2D eigenvalue weighted by molar-refractivity contribution is 1.18. The fourth-order valence-corrected chi connectivity index (χ4v) is 7.60. The topological polar surface area (TPSA) is 41.9 Å². The lowest BCUT2D eigenvalue weighted by Gasteiger charge is -2.25. The van der Waals surface area contributed by atoms with E-state index in [-0.39, 0.29) is 0 Å². The van der Waals surface area contributed by atoms with Crippen LogP contribution in [0.5, 0.6) is 0 Å². The van der Waals surface area contributed by atoms with Gasteiger partial charge in [-0.3, -0.25) is 0 Å². The largest absolute Gasteiger partial charge is 0.311 e. The van der Waals surface area contributed by atoms with Crippen LogP contribution < -0.4 is 4.90 Å². The maximum Gasteiger partial charge on any atom is 0.160 e. The van der Waals surface area contributed by atoms with Crippen LogP contribution in [0.1, 0.15) is 0 Å². The number of aromatic nitrogens is 3. The average Bonchev–Trinajstić information content (AvgIpc) is 3.27. The molecule has 8 aromatic carbocycles. The molecule has 0 aliphatic rings. The number of fused-ring (bicyclic) bond motifs is 5. The Labute approximate surface area is 319 Å². The highest BCUT2D eigenvalue weighted by Gasteiger charge is 2.17. The number of rotatable bonds is 7. The number of nitrogens with zero attached hydrogens (tertiary/aromatic N) is 4. The lowest BCUT2D eigenvalue weighted by Crippen LogP contribution is -2.09. The second kappa shape index (κ2) is 13.8. The summed E-state index contributed by atoms with van der Waals surface area (Å²) in [5, 5.41) is 5.77. The van der Waals surface area contributed by atoms with Crippen LogP contribution in [-0.4, -0.2) is 15.0 Å². The summed E-state index contributed by atoms with van der Waals surface area (Å²) in [6.07, 6.45) is 0. The van der Waals surface area contributed by atoms with Gasteiger partial charge in [0.25, 0.3) is 0 Å². The molecule has 0 radical (unpaired) electrons. The van der Waals surface area contributed by atoms with E-state index in [2.05, 4.69) is 175 Å². The van der Waals surface area contributed by atoms with Gasteiger partial charge in [-0.25, -0.2) is 15.0 Å². The third kappa shape index (κ3) is 6.06. The molecular formula is C51H34N4. The Morgan fingerprint density at radius 2 is 0.855 bits per heavy atom. The van der Waals surface area contributed by atoms with Crippen molar-refractivity contribution in [3.05, 3.63) is 206 Å². The first-order chi connectivity index (χ1) is 27.3. The van der Waals surface area contributed by atoms with E-state index < -0.39 is 0 Å². The van der Waals surface area contributed by atoms with Gasteiger partial charge in [0.2, 0.25) is 0 Å². The Balaban J connectivity index is 1.10. The van der Waals surface area contributed by atoms with Gasteiger partial charge in [0.1, 0.15) is 0 Å². The molecule has 0 atom stereocenters. The van der Waals surface area contributed by atoms with E-state index in [4.69, 9.17) is 15.0 Å². The summed E-state index contributed by atoms with van der Waals surface area (Å²) < 4.78 is 0. The van der Waals surface area contributed by atoms with Crippen LogP contribution in [0.15, 0.2) is 206 Å². The van der Waals surface area contributed by atoms with Crippen LogP contribution in [0.25, 0.3) is 77.6 Å². The summed E-state index contributed by atoms with van der Waals surface area (Å²) in [7, 11) is 0. The molecule has 0 spiro atoms. The molecule has 258 valence electrons. The summed E-state index contributed by atoms with van der Waals surface area (Å²) in [4.78, 5) is 17.7. The molecule has 10 aromatic rings. The van der Waals surface area contributed by atoms with Crippen molar-refractivity contribution in [1.82, 2.24) is 15.0 Å². The number of benzene rings is 8. The van der Waals surface area contributed by atoms with Crippen LogP contribution in [0.3, 0.4) is 0 Å². The molecule has 4 nitrogen and oxygen atoms in total. The van der Waals surface area contributed by atoms with Crippen molar-refractivity contribution in [2.45, 2.75) is 0 Å². The van der Waals surface area contributed by atoms with E-state index in [1.54, 1.807) is 0 Å². The number of para-hydroxylation sites is 3. The van der Waals surface area contributed by atoms with E-state index in [0.29, 0.717) is 5.82 Å².